The molecule has 0 unspecified atom stereocenters. The van der Waals surface area contributed by atoms with Crippen LogP contribution in [0.2, 0.25) is 0 Å². The van der Waals surface area contributed by atoms with Crippen molar-refractivity contribution in [1.29, 1.82) is 0 Å². The van der Waals surface area contributed by atoms with Gasteiger partial charge in [-0.05, 0) is 25.0 Å². The number of ether oxygens (including phenoxy) is 2. The number of amides is 1. The third-order valence-corrected chi connectivity index (χ3v) is 3.99. The highest BCUT2D eigenvalue weighted by Gasteiger charge is 2.25. The summed E-state index contributed by atoms with van der Waals surface area (Å²) in [5.41, 5.74) is 0.253. The van der Waals surface area contributed by atoms with Crippen LogP contribution in [-0.4, -0.2) is 42.1 Å². The molecule has 3 rings (SSSR count). The monoisotopic (exact) mass is 334 g/mol. The zero-order valence-corrected chi connectivity index (χ0v) is 13.4. The van der Waals surface area contributed by atoms with Gasteiger partial charge in [0.05, 0.1) is 6.10 Å². The summed E-state index contributed by atoms with van der Waals surface area (Å²) in [6.07, 6.45) is 3.17. The van der Waals surface area contributed by atoms with E-state index in [1.54, 1.807) is 24.1 Å². The molecular formula is C17H19FN2O4. The predicted molar refractivity (Wildman–Crippen MR) is 83.2 cm³/mol. The van der Waals surface area contributed by atoms with Crippen LogP contribution < -0.4 is 4.74 Å². The van der Waals surface area contributed by atoms with E-state index in [0.717, 1.165) is 12.8 Å². The molecule has 1 fully saturated rings. The first kappa shape index (κ1) is 16.4. The fraction of sp³-hybridized carbons (Fsp3) is 0.412. The molecule has 0 aliphatic carbocycles. The van der Waals surface area contributed by atoms with Crippen LogP contribution in [0.15, 0.2) is 34.9 Å². The molecule has 6 nitrogen and oxygen atoms in total. The fourth-order valence-corrected chi connectivity index (χ4v) is 2.63. The Morgan fingerprint density at radius 2 is 2.21 bits per heavy atom. The van der Waals surface area contributed by atoms with E-state index in [1.165, 1.54) is 18.4 Å². The minimum atomic E-state index is -0.379. The molecule has 128 valence electrons. The van der Waals surface area contributed by atoms with E-state index in [-0.39, 0.29) is 36.0 Å². The maximum absolute atomic E-state index is 13.1. The normalized spacial score (nSPS) is 15.5. The summed E-state index contributed by atoms with van der Waals surface area (Å²) >= 11 is 0. The number of nitrogens with zero attached hydrogens (tertiary/aromatic N) is 2. The van der Waals surface area contributed by atoms with Crippen LogP contribution in [0, 0.1) is 5.82 Å². The quantitative estimate of drug-likeness (QED) is 0.841. The number of halogens is 1. The first-order chi connectivity index (χ1) is 11.7. The molecule has 1 aliphatic heterocycles. The lowest BCUT2D eigenvalue weighted by atomic mass is 10.1. The van der Waals surface area contributed by atoms with Crippen molar-refractivity contribution in [2.45, 2.75) is 25.6 Å². The first-order valence-electron chi connectivity index (χ1n) is 7.80. The van der Waals surface area contributed by atoms with Crippen molar-refractivity contribution in [3.8, 4) is 5.75 Å². The van der Waals surface area contributed by atoms with E-state index in [2.05, 4.69) is 4.98 Å². The molecular weight excluding hydrogens is 315 g/mol. The molecule has 2 aromatic rings. The number of aromatic nitrogens is 1. The molecule has 1 aromatic carbocycles. The summed E-state index contributed by atoms with van der Waals surface area (Å²) in [5.74, 6) is 0.109. The molecule has 0 atom stereocenters. The Morgan fingerprint density at radius 3 is 2.92 bits per heavy atom. The van der Waals surface area contributed by atoms with E-state index in [9.17, 15) is 9.18 Å². The second-order valence-corrected chi connectivity index (χ2v) is 5.60. The highest BCUT2D eigenvalue weighted by Crippen LogP contribution is 2.17. The number of piperidine rings is 1. The van der Waals surface area contributed by atoms with Crippen LogP contribution >= 0.6 is 0 Å². The minimum absolute atomic E-state index is 0.0302. The number of hydrogen-bond donors (Lipinski definition) is 0. The minimum Gasteiger partial charge on any atom is -0.484 e. The average Bonchev–Trinajstić information content (AvgIpc) is 3.08. The number of methoxy groups -OCH3 is 1. The Bertz CT molecular complexity index is 695. The Kier molecular flexibility index (Phi) is 5.10. The highest BCUT2D eigenvalue weighted by atomic mass is 19.1. The smallest absolute Gasteiger partial charge is 0.275 e. The largest absolute Gasteiger partial charge is 0.484 e. The van der Waals surface area contributed by atoms with Gasteiger partial charge in [-0.3, -0.25) is 4.79 Å². The van der Waals surface area contributed by atoms with Crippen LogP contribution in [-0.2, 0) is 11.3 Å². The second-order valence-electron chi connectivity index (χ2n) is 5.60. The SMILES string of the molecule is COC1CCN(C(=O)c2coc(COc3cccc(F)c3)n2)CC1. The zero-order valence-electron chi connectivity index (χ0n) is 13.4. The van der Waals surface area contributed by atoms with E-state index in [0.29, 0.717) is 18.8 Å². The standard InChI is InChI=1S/C17H19FN2O4/c1-22-13-5-7-20(8-6-13)17(21)15-10-24-16(19-15)11-23-14-4-2-3-12(18)9-14/h2-4,9-10,13H,5-8,11H2,1H3. The van der Waals surface area contributed by atoms with Crippen molar-refractivity contribution in [3.05, 3.63) is 47.9 Å². The predicted octanol–water partition coefficient (Wildman–Crippen LogP) is 2.64. The van der Waals surface area contributed by atoms with Crippen molar-refractivity contribution in [3.63, 3.8) is 0 Å². The second kappa shape index (κ2) is 7.44. The number of hydrogen-bond acceptors (Lipinski definition) is 5. The van der Waals surface area contributed by atoms with Gasteiger partial charge < -0.3 is 18.8 Å². The third kappa shape index (κ3) is 3.91. The van der Waals surface area contributed by atoms with E-state index in [1.807, 2.05) is 0 Å². The Labute approximate surface area is 139 Å². The summed E-state index contributed by atoms with van der Waals surface area (Å²) < 4.78 is 29.1. The van der Waals surface area contributed by atoms with Gasteiger partial charge >= 0.3 is 0 Å². The molecule has 0 spiro atoms. The van der Waals surface area contributed by atoms with E-state index in [4.69, 9.17) is 13.9 Å². The fourth-order valence-electron chi connectivity index (χ4n) is 2.63. The Balaban J connectivity index is 1.56. The molecule has 1 saturated heterocycles. The molecule has 1 aliphatic rings. The number of carbonyl (C=O) groups excluding carboxylic acids is 1. The van der Waals surface area contributed by atoms with Gasteiger partial charge in [-0.15, -0.1) is 0 Å². The topological polar surface area (TPSA) is 64.8 Å². The Hall–Kier alpha value is -2.41. The van der Waals surface area contributed by atoms with Crippen LogP contribution in [0.1, 0.15) is 29.2 Å². The molecule has 0 saturated carbocycles. The maximum Gasteiger partial charge on any atom is 0.275 e. The van der Waals surface area contributed by atoms with Gasteiger partial charge in [0.15, 0.2) is 12.3 Å². The van der Waals surface area contributed by atoms with E-state index >= 15 is 0 Å². The highest BCUT2D eigenvalue weighted by molar-refractivity contribution is 5.92. The number of likely N-dealkylation sites (tertiary alicyclic amines) is 1. The van der Waals surface area contributed by atoms with Crippen molar-refractivity contribution in [2.75, 3.05) is 20.2 Å². The van der Waals surface area contributed by atoms with Crippen LogP contribution in [0.25, 0.3) is 0 Å². The van der Waals surface area contributed by atoms with E-state index < -0.39 is 0 Å². The van der Waals surface area contributed by atoms with Gasteiger partial charge in [0.1, 0.15) is 17.8 Å². The first-order valence-corrected chi connectivity index (χ1v) is 7.80. The Morgan fingerprint density at radius 1 is 1.42 bits per heavy atom. The maximum atomic E-state index is 13.1. The third-order valence-electron chi connectivity index (χ3n) is 3.99. The molecule has 0 N–H and O–H groups in total. The van der Waals surface area contributed by atoms with Gasteiger partial charge in [-0.1, -0.05) is 6.07 Å². The zero-order chi connectivity index (χ0) is 16.9. The summed E-state index contributed by atoms with van der Waals surface area (Å²) in [6, 6.07) is 5.80. The molecule has 1 aromatic heterocycles. The summed E-state index contributed by atoms with van der Waals surface area (Å²) in [5, 5.41) is 0. The molecule has 2 heterocycles. The lowest BCUT2D eigenvalue weighted by molar-refractivity contribution is 0.0347. The van der Waals surface area contributed by atoms with Gasteiger partial charge in [-0.2, -0.15) is 0 Å². The summed E-state index contributed by atoms with van der Waals surface area (Å²) in [7, 11) is 1.69. The van der Waals surface area contributed by atoms with Crippen molar-refractivity contribution < 1.29 is 23.1 Å². The summed E-state index contributed by atoms with van der Waals surface area (Å²) in [4.78, 5) is 18.3. The summed E-state index contributed by atoms with van der Waals surface area (Å²) in [6.45, 7) is 1.31. The number of rotatable bonds is 5. The van der Waals surface area contributed by atoms with Crippen molar-refractivity contribution >= 4 is 5.91 Å². The molecule has 0 bridgehead atoms. The van der Waals surface area contributed by atoms with Gasteiger partial charge in [-0.25, -0.2) is 9.37 Å². The number of oxazole rings is 1. The van der Waals surface area contributed by atoms with Crippen LogP contribution in [0.3, 0.4) is 0 Å². The van der Waals surface area contributed by atoms with Crippen molar-refractivity contribution in [2.24, 2.45) is 0 Å². The average molecular weight is 334 g/mol. The number of carbonyl (C=O) groups is 1. The number of benzene rings is 1. The van der Waals surface area contributed by atoms with Crippen LogP contribution in [0.4, 0.5) is 4.39 Å². The molecule has 0 radical (unpaired) electrons. The van der Waals surface area contributed by atoms with Gasteiger partial charge in [0, 0.05) is 26.3 Å². The van der Waals surface area contributed by atoms with Crippen LogP contribution in [0.5, 0.6) is 5.75 Å². The van der Waals surface area contributed by atoms with Gasteiger partial charge in [0.25, 0.3) is 5.91 Å². The molecule has 7 heteroatoms. The lowest BCUT2D eigenvalue weighted by Crippen LogP contribution is -2.40. The molecule has 1 amide bonds. The lowest BCUT2D eigenvalue weighted by Gasteiger charge is -2.30. The molecule has 24 heavy (non-hydrogen) atoms. The van der Waals surface area contributed by atoms with Crippen molar-refractivity contribution in [1.82, 2.24) is 9.88 Å². The van der Waals surface area contributed by atoms with Gasteiger partial charge in [0.2, 0.25) is 5.89 Å².